The number of benzene rings is 3. The molecule has 0 aliphatic rings. The van der Waals surface area contributed by atoms with Gasteiger partial charge in [-0.15, -0.1) is 0 Å². The van der Waals surface area contributed by atoms with E-state index in [1.807, 2.05) is 13.8 Å². The summed E-state index contributed by atoms with van der Waals surface area (Å²) < 4.78 is 130. The molecule has 0 amide bonds. The van der Waals surface area contributed by atoms with Gasteiger partial charge in [-0.05, 0) is 17.6 Å². The summed E-state index contributed by atoms with van der Waals surface area (Å²) >= 11 is 0. The maximum absolute atomic E-state index is 16.6. The molecule has 0 aromatic heterocycles. The molecule has 3 aromatic carbocycles. The van der Waals surface area contributed by atoms with Crippen molar-refractivity contribution in [3.63, 3.8) is 0 Å². The summed E-state index contributed by atoms with van der Waals surface area (Å²) in [5.74, 6) is -16.5. The van der Waals surface area contributed by atoms with Crippen molar-refractivity contribution < 1.29 is 39.5 Å². The van der Waals surface area contributed by atoms with Gasteiger partial charge in [-0.2, -0.15) is 4.39 Å². The van der Waals surface area contributed by atoms with Gasteiger partial charge in [-0.3, -0.25) is 0 Å². The molecule has 0 fully saturated rings. The van der Waals surface area contributed by atoms with Crippen molar-refractivity contribution in [3.05, 3.63) is 52.6 Å². The third kappa shape index (κ3) is 12.1. The summed E-state index contributed by atoms with van der Waals surface area (Å²) in [6.45, 7) is 25.0. The zero-order chi connectivity index (χ0) is 45.9. The normalized spacial score (nSPS) is 13.9. The second-order valence-corrected chi connectivity index (χ2v) is 35.3. The van der Waals surface area contributed by atoms with Crippen molar-refractivity contribution in [1.29, 1.82) is 0 Å². The number of fused-ring (bicyclic) bond motifs is 2. The second-order valence-electron chi connectivity index (χ2n) is 19.6. The molecule has 0 N–H and O–H groups in total. The lowest BCUT2D eigenvalue weighted by molar-refractivity contribution is 0.406. The number of hydrogen-bond donors (Lipinski definition) is 0. The number of unbranched alkanes of at least 4 members (excludes halogenated alkanes) is 8. The molecule has 3 aromatic rings. The Bertz CT molecular complexity index is 1830. The van der Waals surface area contributed by atoms with Crippen LogP contribution in [-0.4, -0.2) is 24.5 Å². The van der Waals surface area contributed by atoms with E-state index in [1.54, 1.807) is 0 Å². The largest absolute Gasteiger partial charge is 0.539 e. The highest BCUT2D eigenvalue weighted by Crippen LogP contribution is 2.47. The van der Waals surface area contributed by atoms with Gasteiger partial charge >= 0.3 is 0 Å². The van der Waals surface area contributed by atoms with Crippen LogP contribution in [0.1, 0.15) is 160 Å². The Balaban J connectivity index is 1.93. The molecule has 347 valence electrons. The fourth-order valence-electron chi connectivity index (χ4n) is 11.5. The Morgan fingerprint density at radius 1 is 0.393 bits per heavy atom. The summed E-state index contributed by atoms with van der Waals surface area (Å²) in [6, 6.07) is 8.96. The third-order valence-electron chi connectivity index (χ3n) is 14.7. The molecular formula is C49H77F8OSi3. The second kappa shape index (κ2) is 23.8. The molecule has 1 nitrogen and oxygen atoms in total. The summed E-state index contributed by atoms with van der Waals surface area (Å²) in [7, 11) is -6.05. The highest BCUT2D eigenvalue weighted by Gasteiger charge is 2.44. The summed E-state index contributed by atoms with van der Waals surface area (Å²) in [4.78, 5) is 0. The van der Waals surface area contributed by atoms with E-state index < -0.39 is 98.3 Å². The maximum Gasteiger partial charge on any atom is 0.254 e. The summed E-state index contributed by atoms with van der Waals surface area (Å²) in [5, 5.41) is -6.02. The monoisotopic (exact) mass is 918 g/mol. The van der Waals surface area contributed by atoms with E-state index >= 15 is 22.0 Å². The fourth-order valence-corrected chi connectivity index (χ4v) is 27.9. The Labute approximate surface area is 366 Å². The van der Waals surface area contributed by atoms with E-state index in [1.165, 1.54) is 62.0 Å². The van der Waals surface area contributed by atoms with Crippen molar-refractivity contribution in [2.45, 2.75) is 224 Å². The highest BCUT2D eigenvalue weighted by atomic mass is 28.4. The molecule has 0 saturated carbocycles. The van der Waals surface area contributed by atoms with Crippen molar-refractivity contribution >= 4 is 46.0 Å². The van der Waals surface area contributed by atoms with E-state index in [-0.39, 0.29) is 5.54 Å². The fraction of sp³-hybridized carbons (Fsp3) is 0.714. The predicted molar refractivity (Wildman–Crippen MR) is 249 cm³/mol. The molecule has 0 saturated heterocycles. The van der Waals surface area contributed by atoms with Gasteiger partial charge in [0.05, 0.1) is 43.8 Å². The van der Waals surface area contributed by atoms with E-state index in [4.69, 9.17) is 4.43 Å². The van der Waals surface area contributed by atoms with Crippen molar-refractivity contribution in [2.75, 3.05) is 0 Å². The minimum atomic E-state index is -3.22. The molecule has 1 radical (unpaired) electrons. The average molecular weight is 918 g/mol. The third-order valence-corrected chi connectivity index (χ3v) is 33.6. The zero-order valence-electron chi connectivity index (χ0n) is 39.4. The van der Waals surface area contributed by atoms with Gasteiger partial charge in [-0.1, -0.05) is 206 Å². The SMILES string of the molecule is CCC[Si](CCC)(CCC)CCCCCC[Si](CCCCCCCC[Si](C(C)C)(C(C)C)C(C)C)(Oc1c(F)c(F)c2c(F)c3c(F)[c]c(F)c(F)c3c(F)c2c1F)C(C)C. The van der Waals surface area contributed by atoms with E-state index in [2.05, 4.69) is 62.3 Å². The van der Waals surface area contributed by atoms with Gasteiger partial charge in [0.15, 0.2) is 29.0 Å². The maximum atomic E-state index is 16.6. The first-order chi connectivity index (χ1) is 28.7. The Morgan fingerprint density at radius 3 is 1.23 bits per heavy atom. The van der Waals surface area contributed by atoms with Gasteiger partial charge in [0, 0.05) is 0 Å². The van der Waals surface area contributed by atoms with Crippen molar-refractivity contribution in [2.24, 2.45) is 0 Å². The first-order valence-corrected chi connectivity index (χ1v) is 31.5. The van der Waals surface area contributed by atoms with Gasteiger partial charge in [-0.25, -0.2) is 30.7 Å². The molecule has 61 heavy (non-hydrogen) atoms. The Kier molecular flexibility index (Phi) is 20.9. The minimum Gasteiger partial charge on any atom is -0.539 e. The Morgan fingerprint density at radius 2 is 0.787 bits per heavy atom. The van der Waals surface area contributed by atoms with Crippen LogP contribution in [0.3, 0.4) is 0 Å². The molecule has 1 atom stereocenters. The zero-order valence-corrected chi connectivity index (χ0v) is 42.4. The average Bonchev–Trinajstić information content (AvgIpc) is 3.18. The number of halogens is 8. The van der Waals surface area contributed by atoms with Gasteiger partial charge in [0.1, 0.15) is 17.5 Å². The minimum absolute atomic E-state index is 0.195. The molecule has 3 rings (SSSR count). The van der Waals surface area contributed by atoms with Crippen molar-refractivity contribution in [1.82, 2.24) is 0 Å². The number of hydrogen-bond acceptors (Lipinski definition) is 1. The standard InChI is InChI=1S/C49H77F8OSi3/c1-12-25-59(26-13-2,27-14-3)28-21-19-20-23-30-60(33(4)5,29-22-17-15-16-18-24-31-61(34(6)7,35(8)9)36(10)11)58-49-47(56)42-41(46(55)48(49)57)44(53)39-37(50)32-38(51)43(52)40(39)45(42)54/h33-36H,12-31H2,1-11H3. The molecular weight excluding hydrogens is 841 g/mol. The molecule has 12 heteroatoms. The quantitative estimate of drug-likeness (QED) is 0.0232. The lowest BCUT2D eigenvalue weighted by Crippen LogP contribution is -2.45. The van der Waals surface area contributed by atoms with E-state index in [9.17, 15) is 13.2 Å². The molecule has 0 spiro atoms. The van der Waals surface area contributed by atoms with Crippen LogP contribution in [0.2, 0.25) is 64.5 Å². The summed E-state index contributed by atoms with van der Waals surface area (Å²) in [5.41, 5.74) is 1.95. The van der Waals surface area contributed by atoms with Crippen LogP contribution in [0, 0.1) is 52.6 Å². The molecule has 0 aliphatic carbocycles. The lowest BCUT2D eigenvalue weighted by Gasteiger charge is -2.43. The Hall–Kier alpha value is -1.93. The smallest absolute Gasteiger partial charge is 0.254 e. The van der Waals surface area contributed by atoms with Crippen LogP contribution in [-0.2, 0) is 0 Å². The highest BCUT2D eigenvalue weighted by molar-refractivity contribution is 6.83. The molecule has 0 heterocycles. The molecule has 0 bridgehead atoms. The summed E-state index contributed by atoms with van der Waals surface area (Å²) in [6.07, 6.45) is 13.4. The van der Waals surface area contributed by atoms with Gasteiger partial charge in [0.2, 0.25) is 5.82 Å². The first kappa shape index (κ1) is 53.4. The van der Waals surface area contributed by atoms with Gasteiger partial charge in [0.25, 0.3) is 8.32 Å². The lowest BCUT2D eigenvalue weighted by atomic mass is 9.99. The van der Waals surface area contributed by atoms with Gasteiger partial charge < -0.3 is 4.43 Å². The number of rotatable bonds is 28. The molecule has 1 unspecified atom stereocenters. The first-order valence-electron chi connectivity index (χ1n) is 23.8. The van der Waals surface area contributed by atoms with E-state index in [0.29, 0.717) is 28.7 Å². The molecule has 0 aliphatic heterocycles. The van der Waals surface area contributed by atoms with Crippen LogP contribution < -0.4 is 4.43 Å². The topological polar surface area (TPSA) is 9.23 Å². The van der Waals surface area contributed by atoms with Crippen LogP contribution in [0.15, 0.2) is 0 Å². The van der Waals surface area contributed by atoms with Crippen LogP contribution in [0.5, 0.6) is 5.75 Å². The van der Waals surface area contributed by atoms with E-state index in [0.717, 1.165) is 57.8 Å². The van der Waals surface area contributed by atoms with Crippen LogP contribution >= 0.6 is 0 Å². The van der Waals surface area contributed by atoms with Crippen LogP contribution in [0.25, 0.3) is 21.5 Å². The predicted octanol–water partition coefficient (Wildman–Crippen LogP) is 18.9. The van der Waals surface area contributed by atoms with Crippen molar-refractivity contribution in [3.8, 4) is 5.75 Å². The van der Waals surface area contributed by atoms with Crippen LogP contribution in [0.4, 0.5) is 35.1 Å².